The Morgan fingerprint density at radius 1 is 1.00 bits per heavy atom. The van der Waals surface area contributed by atoms with Crippen LogP contribution >= 0.6 is 11.8 Å². The summed E-state index contributed by atoms with van der Waals surface area (Å²) in [6, 6.07) is 7.19. The van der Waals surface area contributed by atoms with Crippen molar-refractivity contribution in [1.29, 1.82) is 0 Å². The average Bonchev–Trinajstić information content (AvgIpc) is 2.51. The SMILES string of the molecule is CNc1ccc(C2CC(C)(C)SC(C)(C)C2)cc1C1=CCC(C)(C)CC1. The van der Waals surface area contributed by atoms with Gasteiger partial charge in [-0.1, -0.05) is 53.7 Å². The van der Waals surface area contributed by atoms with Gasteiger partial charge in [0.2, 0.25) is 0 Å². The molecule has 2 heteroatoms. The number of benzene rings is 1. The Kier molecular flexibility index (Phi) is 5.29. The molecule has 0 bridgehead atoms. The van der Waals surface area contributed by atoms with Crippen molar-refractivity contribution in [2.24, 2.45) is 5.41 Å². The van der Waals surface area contributed by atoms with Crippen LogP contribution in [0.5, 0.6) is 0 Å². The molecule has 1 heterocycles. The van der Waals surface area contributed by atoms with Crippen LogP contribution in [0, 0.1) is 5.41 Å². The Balaban J connectivity index is 1.94. The highest BCUT2D eigenvalue weighted by molar-refractivity contribution is 8.01. The van der Waals surface area contributed by atoms with Gasteiger partial charge in [0.05, 0.1) is 0 Å². The highest BCUT2D eigenvalue weighted by Crippen LogP contribution is 2.53. The second-order valence-corrected chi connectivity index (χ2v) is 12.8. The molecule has 1 nitrogen and oxygen atoms in total. The van der Waals surface area contributed by atoms with Gasteiger partial charge in [-0.3, -0.25) is 0 Å². The highest BCUT2D eigenvalue weighted by Gasteiger charge is 2.39. The Bertz CT molecular complexity index is 680. The zero-order chi connectivity index (χ0) is 19.2. The molecule has 0 saturated carbocycles. The monoisotopic (exact) mass is 371 g/mol. The van der Waals surface area contributed by atoms with Gasteiger partial charge in [0, 0.05) is 27.8 Å². The van der Waals surface area contributed by atoms with E-state index in [-0.39, 0.29) is 0 Å². The van der Waals surface area contributed by atoms with E-state index in [4.69, 9.17) is 0 Å². The number of hydrogen-bond donors (Lipinski definition) is 1. The Labute approximate surface area is 165 Å². The van der Waals surface area contributed by atoms with Crippen molar-refractivity contribution in [3.05, 3.63) is 35.4 Å². The summed E-state index contributed by atoms with van der Waals surface area (Å²) in [5, 5.41) is 3.43. The molecule has 26 heavy (non-hydrogen) atoms. The number of allylic oxidation sites excluding steroid dienone is 2. The fourth-order valence-corrected chi connectivity index (χ4v) is 7.01. The lowest BCUT2D eigenvalue weighted by Gasteiger charge is -2.44. The molecule has 0 unspecified atom stereocenters. The molecule has 1 aromatic rings. The predicted octanol–water partition coefficient (Wildman–Crippen LogP) is 7.49. The summed E-state index contributed by atoms with van der Waals surface area (Å²) in [7, 11) is 2.05. The van der Waals surface area contributed by atoms with Gasteiger partial charge in [-0.25, -0.2) is 0 Å². The van der Waals surface area contributed by atoms with Crippen molar-refractivity contribution >= 4 is 23.0 Å². The summed E-state index contributed by atoms with van der Waals surface area (Å²) in [5.74, 6) is 0.659. The first kappa shape index (κ1) is 19.9. The third kappa shape index (κ3) is 4.50. The van der Waals surface area contributed by atoms with E-state index in [1.54, 1.807) is 5.57 Å². The molecule has 1 aromatic carbocycles. The minimum atomic E-state index is 0.350. The highest BCUT2D eigenvalue weighted by atomic mass is 32.2. The molecule has 1 N–H and O–H groups in total. The molecule has 0 spiro atoms. The first-order valence-electron chi connectivity index (χ1n) is 10.2. The van der Waals surface area contributed by atoms with Gasteiger partial charge in [-0.2, -0.15) is 0 Å². The minimum absolute atomic E-state index is 0.350. The van der Waals surface area contributed by atoms with Crippen LogP contribution in [0.15, 0.2) is 24.3 Å². The minimum Gasteiger partial charge on any atom is -0.388 e. The fourth-order valence-electron chi connectivity index (χ4n) is 4.95. The molecule has 1 saturated heterocycles. The van der Waals surface area contributed by atoms with Gasteiger partial charge in [-0.15, -0.1) is 11.8 Å². The summed E-state index contributed by atoms with van der Waals surface area (Å²) >= 11 is 2.16. The van der Waals surface area contributed by atoms with Gasteiger partial charge in [0.1, 0.15) is 0 Å². The lowest BCUT2D eigenvalue weighted by molar-refractivity contribution is 0.335. The third-order valence-corrected chi connectivity index (χ3v) is 7.57. The topological polar surface area (TPSA) is 12.0 Å². The summed E-state index contributed by atoms with van der Waals surface area (Å²) in [6.07, 6.45) is 8.70. The number of anilines is 1. The molecule has 0 aromatic heterocycles. The summed E-state index contributed by atoms with van der Waals surface area (Å²) in [6.45, 7) is 14.4. The maximum Gasteiger partial charge on any atom is 0.0414 e. The molecule has 1 aliphatic carbocycles. The summed E-state index contributed by atoms with van der Waals surface area (Å²) in [5.41, 5.74) is 6.25. The summed E-state index contributed by atoms with van der Waals surface area (Å²) in [4.78, 5) is 0. The zero-order valence-corrected chi connectivity index (χ0v) is 18.6. The average molecular weight is 372 g/mol. The van der Waals surface area contributed by atoms with E-state index in [9.17, 15) is 0 Å². The maximum atomic E-state index is 3.43. The first-order valence-corrected chi connectivity index (χ1v) is 11.0. The first-order chi connectivity index (χ1) is 12.0. The van der Waals surface area contributed by atoms with Gasteiger partial charge in [-0.05, 0) is 66.7 Å². The van der Waals surface area contributed by atoms with Crippen molar-refractivity contribution in [2.75, 3.05) is 12.4 Å². The van der Waals surface area contributed by atoms with E-state index in [1.807, 2.05) is 0 Å². The van der Waals surface area contributed by atoms with Gasteiger partial charge < -0.3 is 5.32 Å². The molecule has 1 fully saturated rings. The second kappa shape index (κ2) is 6.93. The number of hydrogen-bond acceptors (Lipinski definition) is 2. The molecular formula is C24H37NS. The van der Waals surface area contributed by atoms with E-state index in [0.717, 1.165) is 0 Å². The van der Waals surface area contributed by atoms with E-state index in [0.29, 0.717) is 20.8 Å². The van der Waals surface area contributed by atoms with Crippen LogP contribution in [0.1, 0.15) is 90.7 Å². The van der Waals surface area contributed by atoms with E-state index in [1.165, 1.54) is 48.9 Å². The number of thioether (sulfide) groups is 1. The van der Waals surface area contributed by atoms with Crippen LogP contribution in [0.2, 0.25) is 0 Å². The summed E-state index contributed by atoms with van der Waals surface area (Å²) < 4.78 is 0.699. The number of nitrogens with one attached hydrogen (secondary N) is 1. The molecule has 1 aliphatic heterocycles. The van der Waals surface area contributed by atoms with Gasteiger partial charge in [0.25, 0.3) is 0 Å². The van der Waals surface area contributed by atoms with Crippen LogP contribution in [-0.2, 0) is 0 Å². The lowest BCUT2D eigenvalue weighted by atomic mass is 9.76. The van der Waals surface area contributed by atoms with Crippen molar-refractivity contribution in [1.82, 2.24) is 0 Å². The molecule has 3 rings (SSSR count). The van der Waals surface area contributed by atoms with E-state index in [2.05, 4.69) is 89.9 Å². The fraction of sp³-hybridized carbons (Fsp3) is 0.667. The molecule has 0 atom stereocenters. The van der Waals surface area contributed by atoms with Crippen LogP contribution in [0.3, 0.4) is 0 Å². The van der Waals surface area contributed by atoms with E-state index >= 15 is 0 Å². The van der Waals surface area contributed by atoms with E-state index < -0.39 is 0 Å². The Hall–Kier alpha value is -0.890. The van der Waals surface area contributed by atoms with Crippen molar-refractivity contribution < 1.29 is 0 Å². The van der Waals surface area contributed by atoms with Crippen molar-refractivity contribution in [3.63, 3.8) is 0 Å². The van der Waals surface area contributed by atoms with Crippen LogP contribution in [-0.4, -0.2) is 16.5 Å². The Morgan fingerprint density at radius 3 is 2.19 bits per heavy atom. The zero-order valence-electron chi connectivity index (χ0n) is 17.8. The maximum absolute atomic E-state index is 3.43. The smallest absolute Gasteiger partial charge is 0.0414 e. The van der Waals surface area contributed by atoms with Crippen molar-refractivity contribution in [3.8, 4) is 0 Å². The van der Waals surface area contributed by atoms with Crippen LogP contribution < -0.4 is 5.32 Å². The normalized spacial score (nSPS) is 24.8. The molecule has 2 aliphatic rings. The van der Waals surface area contributed by atoms with Gasteiger partial charge >= 0.3 is 0 Å². The second-order valence-electron chi connectivity index (χ2n) is 10.4. The number of rotatable bonds is 3. The predicted molar refractivity (Wildman–Crippen MR) is 119 cm³/mol. The van der Waals surface area contributed by atoms with Crippen molar-refractivity contribution in [2.45, 2.75) is 89.1 Å². The lowest BCUT2D eigenvalue weighted by Crippen LogP contribution is -2.35. The van der Waals surface area contributed by atoms with Crippen LogP contribution in [0.4, 0.5) is 5.69 Å². The molecule has 0 amide bonds. The largest absolute Gasteiger partial charge is 0.388 e. The standard InChI is InChI=1S/C24H37NS/c1-22(2)12-10-17(11-13-22)20-14-18(8-9-21(20)25-7)19-15-23(3,4)26-24(5,6)16-19/h8-10,14,19,25H,11-13,15-16H2,1-7H3. The molecular weight excluding hydrogens is 334 g/mol. The van der Waals surface area contributed by atoms with Gasteiger partial charge in [0.15, 0.2) is 0 Å². The van der Waals surface area contributed by atoms with Crippen LogP contribution in [0.25, 0.3) is 5.57 Å². The Morgan fingerprint density at radius 2 is 1.65 bits per heavy atom. The third-order valence-electron chi connectivity index (χ3n) is 6.13. The quantitative estimate of drug-likeness (QED) is 0.590. The molecule has 0 radical (unpaired) electrons. The molecule has 144 valence electrons.